The van der Waals surface area contributed by atoms with E-state index in [0.29, 0.717) is 5.56 Å². The van der Waals surface area contributed by atoms with Gasteiger partial charge in [0.2, 0.25) is 0 Å². The molecule has 0 spiro atoms. The summed E-state index contributed by atoms with van der Waals surface area (Å²) in [6, 6.07) is 13.0. The summed E-state index contributed by atoms with van der Waals surface area (Å²) in [5.74, 6) is -1.51. The van der Waals surface area contributed by atoms with Crippen LogP contribution in [-0.2, 0) is 11.3 Å². The fourth-order valence-electron chi connectivity index (χ4n) is 5.24. The number of benzene rings is 2. The molecule has 2 amide bonds. The molecule has 7 nitrogen and oxygen atoms in total. The fourth-order valence-corrected chi connectivity index (χ4v) is 5.24. The summed E-state index contributed by atoms with van der Waals surface area (Å²) >= 11 is 0. The number of amides is 2. The summed E-state index contributed by atoms with van der Waals surface area (Å²) in [6.45, 7) is 6.61. The van der Waals surface area contributed by atoms with E-state index in [4.69, 9.17) is 0 Å². The van der Waals surface area contributed by atoms with Gasteiger partial charge in [-0.1, -0.05) is 55.5 Å². The molecule has 0 aromatic heterocycles. The van der Waals surface area contributed by atoms with Crippen LogP contribution in [0.15, 0.2) is 54.6 Å². The molecule has 36 heavy (non-hydrogen) atoms. The lowest BCUT2D eigenvalue weighted by Gasteiger charge is -2.39. The molecule has 1 aliphatic heterocycles. The van der Waals surface area contributed by atoms with Crippen LogP contribution in [0.25, 0.3) is 0 Å². The number of urea groups is 1. The van der Waals surface area contributed by atoms with Crippen LogP contribution in [-0.4, -0.2) is 57.7 Å². The average Bonchev–Trinajstić information content (AvgIpc) is 3.10. The molecule has 1 aliphatic rings. The van der Waals surface area contributed by atoms with Gasteiger partial charge in [0, 0.05) is 36.2 Å². The number of halogens is 2. The Kier molecular flexibility index (Phi) is 8.89. The number of aliphatic carboxylic acids is 1. The number of para-hydroxylation sites is 1. The van der Waals surface area contributed by atoms with E-state index >= 15 is 0 Å². The van der Waals surface area contributed by atoms with E-state index in [9.17, 15) is 23.5 Å². The molecule has 9 heteroatoms. The van der Waals surface area contributed by atoms with Crippen LogP contribution in [0.5, 0.6) is 5.75 Å². The maximum absolute atomic E-state index is 13.9. The highest BCUT2D eigenvalue weighted by Gasteiger charge is 2.53. The van der Waals surface area contributed by atoms with Gasteiger partial charge in [0.05, 0.1) is 6.04 Å². The van der Waals surface area contributed by atoms with Crippen molar-refractivity contribution in [1.29, 1.82) is 0 Å². The fraction of sp³-hybridized carbons (Fsp3) is 0.481. The van der Waals surface area contributed by atoms with Crippen LogP contribution in [0.4, 0.5) is 13.6 Å². The third-order valence-corrected chi connectivity index (χ3v) is 6.67. The van der Waals surface area contributed by atoms with E-state index in [1.807, 2.05) is 58.0 Å². The molecule has 2 aromatic carbocycles. The highest BCUT2D eigenvalue weighted by Crippen LogP contribution is 2.42. The lowest BCUT2D eigenvalue weighted by atomic mass is 9.92. The van der Waals surface area contributed by atoms with E-state index in [0.717, 1.165) is 5.56 Å². The second-order valence-corrected chi connectivity index (χ2v) is 9.68. The maximum atomic E-state index is 13.9. The van der Waals surface area contributed by atoms with Gasteiger partial charge in [-0.05, 0) is 39.3 Å². The Labute approximate surface area is 211 Å². The first-order valence-electron chi connectivity index (χ1n) is 12.2. The molecule has 0 radical (unpaired) electrons. The minimum absolute atomic E-state index is 0.0513. The van der Waals surface area contributed by atoms with Crippen LogP contribution in [0.1, 0.15) is 51.8 Å². The smallest absolute Gasteiger partial charge is 0.387 e. The topological polar surface area (TPSA) is 82.1 Å². The third-order valence-electron chi connectivity index (χ3n) is 6.67. The molecule has 0 aliphatic carbocycles. The SMILES string of the molecule is CC1C(NCc2ccccc2OC(F)F)C(c2ccccc2)N(C(=O)N(C(C)C)C(C)C)C1C(=O)O. The summed E-state index contributed by atoms with van der Waals surface area (Å²) < 4.78 is 30.5. The monoisotopic (exact) mass is 503 g/mol. The predicted octanol–water partition coefficient (Wildman–Crippen LogP) is 5.13. The van der Waals surface area contributed by atoms with Gasteiger partial charge in [0.1, 0.15) is 11.8 Å². The standard InChI is InChI=1S/C27H35F2N3O4/c1-16(2)31(17(3)4)27(35)32-23(25(33)34)18(5)22(24(32)19-11-7-6-8-12-19)30-15-20-13-9-10-14-21(20)36-26(28)29/h6-14,16-18,22-24,26,30H,15H2,1-5H3,(H,33,34). The summed E-state index contributed by atoms with van der Waals surface area (Å²) in [6.07, 6.45) is 0. The van der Waals surface area contributed by atoms with Crippen molar-refractivity contribution in [2.45, 2.75) is 78.0 Å². The second kappa shape index (κ2) is 11.7. The molecule has 0 bridgehead atoms. The normalized spacial score (nSPS) is 21.9. The summed E-state index contributed by atoms with van der Waals surface area (Å²) in [5.41, 5.74) is 1.31. The van der Waals surface area contributed by atoms with Crippen molar-refractivity contribution >= 4 is 12.0 Å². The van der Waals surface area contributed by atoms with E-state index in [-0.39, 0.29) is 30.4 Å². The summed E-state index contributed by atoms with van der Waals surface area (Å²) in [7, 11) is 0. The Balaban J connectivity index is 2.03. The van der Waals surface area contributed by atoms with Gasteiger partial charge in [-0.3, -0.25) is 0 Å². The Morgan fingerprint density at radius 2 is 1.61 bits per heavy atom. The molecule has 0 saturated carbocycles. The zero-order valence-electron chi connectivity index (χ0n) is 21.3. The maximum Gasteiger partial charge on any atom is 0.387 e. The first-order chi connectivity index (χ1) is 17.0. The molecule has 1 fully saturated rings. The minimum atomic E-state index is -2.96. The lowest BCUT2D eigenvalue weighted by molar-refractivity contribution is -0.143. The van der Waals surface area contributed by atoms with E-state index in [1.165, 1.54) is 11.0 Å². The zero-order chi connectivity index (χ0) is 26.6. The van der Waals surface area contributed by atoms with Crippen LogP contribution in [0.3, 0.4) is 0 Å². The number of hydrogen-bond acceptors (Lipinski definition) is 4. The Bertz CT molecular complexity index is 1030. The van der Waals surface area contributed by atoms with Gasteiger partial charge in [0.25, 0.3) is 0 Å². The van der Waals surface area contributed by atoms with E-state index < -0.39 is 36.6 Å². The van der Waals surface area contributed by atoms with Crippen molar-refractivity contribution in [3.63, 3.8) is 0 Å². The first-order valence-corrected chi connectivity index (χ1v) is 12.2. The van der Waals surface area contributed by atoms with Gasteiger partial charge in [-0.2, -0.15) is 8.78 Å². The van der Waals surface area contributed by atoms with E-state index in [2.05, 4.69) is 10.1 Å². The number of nitrogens with one attached hydrogen (secondary N) is 1. The largest absolute Gasteiger partial charge is 0.480 e. The molecule has 1 saturated heterocycles. The number of likely N-dealkylation sites (tertiary alicyclic amines) is 1. The number of nitrogens with zero attached hydrogens (tertiary/aromatic N) is 2. The number of carbonyl (C=O) groups is 2. The Morgan fingerprint density at radius 3 is 2.17 bits per heavy atom. The molecule has 196 valence electrons. The Hall–Kier alpha value is -3.20. The zero-order valence-corrected chi connectivity index (χ0v) is 21.3. The summed E-state index contributed by atoms with van der Waals surface area (Å²) in [5, 5.41) is 13.6. The average molecular weight is 504 g/mol. The number of carbonyl (C=O) groups excluding carboxylic acids is 1. The van der Waals surface area contributed by atoms with Gasteiger partial charge < -0.3 is 25.0 Å². The molecule has 4 unspecified atom stereocenters. The first kappa shape index (κ1) is 27.4. The molecule has 2 N–H and O–H groups in total. The van der Waals surface area contributed by atoms with Crippen molar-refractivity contribution in [2.24, 2.45) is 5.92 Å². The van der Waals surface area contributed by atoms with Gasteiger partial charge in [0.15, 0.2) is 0 Å². The van der Waals surface area contributed by atoms with Crippen LogP contribution in [0.2, 0.25) is 0 Å². The van der Waals surface area contributed by atoms with Crippen LogP contribution in [0, 0.1) is 5.92 Å². The molecular weight excluding hydrogens is 468 g/mol. The van der Waals surface area contributed by atoms with Crippen molar-refractivity contribution in [1.82, 2.24) is 15.1 Å². The molecule has 3 rings (SSSR count). The van der Waals surface area contributed by atoms with Gasteiger partial charge in [-0.15, -0.1) is 0 Å². The van der Waals surface area contributed by atoms with Crippen molar-refractivity contribution < 1.29 is 28.2 Å². The van der Waals surface area contributed by atoms with Crippen LogP contribution >= 0.6 is 0 Å². The molecular formula is C27H35F2N3O4. The second-order valence-electron chi connectivity index (χ2n) is 9.68. The summed E-state index contributed by atoms with van der Waals surface area (Å²) in [4.78, 5) is 29.6. The third kappa shape index (κ3) is 5.78. The van der Waals surface area contributed by atoms with Crippen molar-refractivity contribution in [3.8, 4) is 5.75 Å². The highest BCUT2D eigenvalue weighted by molar-refractivity contribution is 5.85. The predicted molar refractivity (Wildman–Crippen MR) is 133 cm³/mol. The lowest BCUT2D eigenvalue weighted by Crippen LogP contribution is -2.54. The van der Waals surface area contributed by atoms with Crippen molar-refractivity contribution in [2.75, 3.05) is 0 Å². The molecule has 4 atom stereocenters. The van der Waals surface area contributed by atoms with Gasteiger partial charge in [-0.25, -0.2) is 9.59 Å². The minimum Gasteiger partial charge on any atom is -0.480 e. The molecule has 2 aromatic rings. The van der Waals surface area contributed by atoms with E-state index in [1.54, 1.807) is 30.0 Å². The number of rotatable bonds is 9. The number of ether oxygens (including phenoxy) is 1. The molecule has 1 heterocycles. The highest BCUT2D eigenvalue weighted by atomic mass is 19.3. The van der Waals surface area contributed by atoms with Gasteiger partial charge >= 0.3 is 18.6 Å². The number of hydrogen-bond donors (Lipinski definition) is 2. The van der Waals surface area contributed by atoms with Crippen molar-refractivity contribution in [3.05, 3.63) is 65.7 Å². The number of alkyl halides is 2. The quantitative estimate of drug-likeness (QED) is 0.496. The van der Waals surface area contributed by atoms with Crippen LogP contribution < -0.4 is 10.1 Å². The number of carboxylic acid groups (broad SMARTS) is 1. The number of carboxylic acids is 1. The Morgan fingerprint density at radius 1 is 1.03 bits per heavy atom.